The minimum Gasteiger partial charge on any atom is -0.481 e. The molecular formula is C26H29N5O4. The Morgan fingerprint density at radius 3 is 2.43 bits per heavy atom. The molecule has 0 saturated heterocycles. The molecule has 4 N–H and O–H groups in total. The molecule has 1 heterocycles. The van der Waals surface area contributed by atoms with Crippen LogP contribution in [0.4, 0.5) is 5.82 Å². The molecule has 9 nitrogen and oxygen atoms in total. The fourth-order valence-electron chi connectivity index (χ4n) is 3.32. The Morgan fingerprint density at radius 1 is 1.09 bits per heavy atom. The van der Waals surface area contributed by atoms with Crippen molar-refractivity contribution in [2.75, 3.05) is 19.0 Å². The number of methoxy groups -OCH3 is 1. The van der Waals surface area contributed by atoms with Crippen molar-refractivity contribution in [1.29, 1.82) is 10.8 Å². The molecule has 9 heteroatoms. The molecule has 0 bridgehead atoms. The number of rotatable bonds is 9. The molecule has 3 rings (SSSR count). The Kier molecular flexibility index (Phi) is 7.80. The first-order valence-electron chi connectivity index (χ1n) is 11.0. The van der Waals surface area contributed by atoms with Crippen LogP contribution in [0.5, 0.6) is 6.01 Å². The third kappa shape index (κ3) is 6.41. The van der Waals surface area contributed by atoms with Crippen molar-refractivity contribution < 1.29 is 19.4 Å². The lowest BCUT2D eigenvalue weighted by Crippen LogP contribution is -2.28. The van der Waals surface area contributed by atoms with Crippen LogP contribution in [0.15, 0.2) is 54.6 Å². The van der Waals surface area contributed by atoms with Crippen LogP contribution in [0.2, 0.25) is 0 Å². The maximum absolute atomic E-state index is 11.7. The summed E-state index contributed by atoms with van der Waals surface area (Å²) in [5, 5.41) is 28.0. The molecular weight excluding hydrogens is 446 g/mol. The predicted molar refractivity (Wildman–Crippen MR) is 135 cm³/mol. The first-order chi connectivity index (χ1) is 16.6. The number of carboxylic acid groups (broad SMARTS) is 1. The number of carboxylic acids is 1. The number of ether oxygens (including phenoxy) is 2. The highest BCUT2D eigenvalue weighted by Crippen LogP contribution is 2.29. The van der Waals surface area contributed by atoms with Gasteiger partial charge in [-0.3, -0.25) is 15.6 Å². The van der Waals surface area contributed by atoms with Crippen LogP contribution in [0.3, 0.4) is 0 Å². The topological polar surface area (TPSA) is 141 Å². The summed E-state index contributed by atoms with van der Waals surface area (Å²) in [5.74, 6) is -0.402. The highest BCUT2D eigenvalue weighted by molar-refractivity contribution is 5.98. The Hall–Kier alpha value is -4.27. The Morgan fingerprint density at radius 2 is 1.80 bits per heavy atom. The first kappa shape index (κ1) is 25.4. The maximum Gasteiger partial charge on any atom is 0.318 e. The van der Waals surface area contributed by atoms with Gasteiger partial charge in [-0.05, 0) is 49.6 Å². The summed E-state index contributed by atoms with van der Waals surface area (Å²) in [4.78, 5) is 20.5. The van der Waals surface area contributed by atoms with Gasteiger partial charge in [0, 0.05) is 30.7 Å². The molecule has 0 amide bonds. The highest BCUT2D eigenvalue weighted by atomic mass is 16.5. The molecule has 0 aliphatic rings. The number of aromatic nitrogens is 2. The van der Waals surface area contributed by atoms with Crippen LogP contribution < -0.4 is 10.1 Å². The van der Waals surface area contributed by atoms with Crippen molar-refractivity contribution in [3.8, 4) is 17.3 Å². The zero-order valence-electron chi connectivity index (χ0n) is 20.2. The van der Waals surface area contributed by atoms with Gasteiger partial charge in [-0.15, -0.1) is 0 Å². The third-order valence-electron chi connectivity index (χ3n) is 5.49. The van der Waals surface area contributed by atoms with E-state index in [1.165, 1.54) is 14.0 Å². The number of aliphatic carboxylic acids is 1. The summed E-state index contributed by atoms with van der Waals surface area (Å²) in [6.45, 7) is 5.41. The van der Waals surface area contributed by atoms with Crippen molar-refractivity contribution in [1.82, 2.24) is 9.97 Å². The van der Waals surface area contributed by atoms with E-state index in [2.05, 4.69) is 15.3 Å². The number of nitrogens with zero attached hydrogens (tertiary/aromatic N) is 2. The largest absolute Gasteiger partial charge is 0.481 e. The standard InChI is InChI=1S/C26H29N5O4/c1-16(27)35-23(28)18-10-8-17(9-11-18)12-13-29-22-15-21(30-25(31-22)34-4)19-6-5-7-20(14-19)26(2,3)24(32)33/h5-11,14-15,27-28H,12-13H2,1-4H3,(H,32,33)(H,29,30,31). The number of anilines is 1. The lowest BCUT2D eigenvalue weighted by atomic mass is 9.84. The van der Waals surface area contributed by atoms with E-state index in [1.807, 2.05) is 30.3 Å². The van der Waals surface area contributed by atoms with Crippen LogP contribution in [-0.2, 0) is 21.4 Å². The van der Waals surface area contributed by atoms with Gasteiger partial charge in [0.2, 0.25) is 5.90 Å². The van der Waals surface area contributed by atoms with E-state index in [4.69, 9.17) is 20.3 Å². The van der Waals surface area contributed by atoms with Gasteiger partial charge in [-0.2, -0.15) is 9.97 Å². The van der Waals surface area contributed by atoms with Crippen molar-refractivity contribution >= 4 is 23.6 Å². The smallest absolute Gasteiger partial charge is 0.318 e. The minimum absolute atomic E-state index is 0.0275. The van der Waals surface area contributed by atoms with Gasteiger partial charge in [0.15, 0.2) is 5.90 Å². The summed E-state index contributed by atoms with van der Waals surface area (Å²) in [5.41, 5.74) is 2.68. The van der Waals surface area contributed by atoms with Gasteiger partial charge in [-0.1, -0.05) is 30.3 Å². The predicted octanol–water partition coefficient (Wildman–Crippen LogP) is 4.51. The van der Waals surface area contributed by atoms with Crippen LogP contribution >= 0.6 is 0 Å². The molecule has 35 heavy (non-hydrogen) atoms. The summed E-state index contributed by atoms with van der Waals surface area (Å²) >= 11 is 0. The summed E-state index contributed by atoms with van der Waals surface area (Å²) in [6, 6.07) is 16.7. The Bertz CT molecular complexity index is 1240. The third-order valence-corrected chi connectivity index (χ3v) is 5.49. The lowest BCUT2D eigenvalue weighted by Gasteiger charge is -2.20. The molecule has 0 aliphatic carbocycles. The highest BCUT2D eigenvalue weighted by Gasteiger charge is 2.29. The average molecular weight is 476 g/mol. The van der Waals surface area contributed by atoms with Gasteiger partial charge < -0.3 is 19.9 Å². The van der Waals surface area contributed by atoms with Crippen LogP contribution in [0, 0.1) is 10.8 Å². The van der Waals surface area contributed by atoms with E-state index in [1.54, 1.807) is 38.1 Å². The second kappa shape index (κ2) is 10.8. The van der Waals surface area contributed by atoms with Crippen molar-refractivity contribution in [3.63, 3.8) is 0 Å². The molecule has 3 aromatic rings. The summed E-state index contributed by atoms with van der Waals surface area (Å²) in [6.07, 6.45) is 0.710. The Labute approximate surface area is 204 Å². The molecule has 0 unspecified atom stereocenters. The van der Waals surface area contributed by atoms with Crippen LogP contribution in [0.1, 0.15) is 37.5 Å². The lowest BCUT2D eigenvalue weighted by molar-refractivity contribution is -0.142. The summed E-state index contributed by atoms with van der Waals surface area (Å²) < 4.78 is 10.3. The number of benzene rings is 2. The average Bonchev–Trinajstić information content (AvgIpc) is 2.83. The zero-order valence-corrected chi connectivity index (χ0v) is 20.2. The molecule has 0 fully saturated rings. The van der Waals surface area contributed by atoms with Gasteiger partial charge in [0.1, 0.15) is 5.82 Å². The second-order valence-corrected chi connectivity index (χ2v) is 8.50. The van der Waals surface area contributed by atoms with E-state index in [0.717, 1.165) is 11.1 Å². The maximum atomic E-state index is 11.7. The summed E-state index contributed by atoms with van der Waals surface area (Å²) in [7, 11) is 1.50. The SMILES string of the molecule is COc1nc(NCCc2ccc(C(=N)OC(C)=N)cc2)cc(-c2cccc(C(C)(C)C(=O)O)c2)n1. The molecule has 0 aliphatic heterocycles. The quantitative estimate of drug-likeness (QED) is 0.263. The van der Waals surface area contributed by atoms with Gasteiger partial charge >= 0.3 is 12.0 Å². The Balaban J connectivity index is 1.73. The van der Waals surface area contributed by atoms with Crippen molar-refractivity contribution in [2.45, 2.75) is 32.6 Å². The second-order valence-electron chi connectivity index (χ2n) is 8.50. The monoisotopic (exact) mass is 475 g/mol. The zero-order chi connectivity index (χ0) is 25.6. The van der Waals surface area contributed by atoms with Crippen LogP contribution in [0.25, 0.3) is 11.3 Å². The molecule has 0 radical (unpaired) electrons. The van der Waals surface area contributed by atoms with E-state index >= 15 is 0 Å². The van der Waals surface area contributed by atoms with Crippen molar-refractivity contribution in [2.24, 2.45) is 0 Å². The van der Waals surface area contributed by atoms with E-state index < -0.39 is 11.4 Å². The van der Waals surface area contributed by atoms with E-state index in [9.17, 15) is 9.90 Å². The first-order valence-corrected chi connectivity index (χ1v) is 11.0. The van der Waals surface area contributed by atoms with Crippen LogP contribution in [-0.4, -0.2) is 46.5 Å². The minimum atomic E-state index is -1.04. The number of hydrogen-bond donors (Lipinski definition) is 4. The van der Waals surface area contributed by atoms with Gasteiger partial charge in [-0.25, -0.2) is 0 Å². The molecule has 0 saturated carbocycles. The molecule has 0 spiro atoms. The number of carbonyl (C=O) groups is 1. The fraction of sp³-hybridized carbons (Fsp3) is 0.269. The number of hydrogen-bond acceptors (Lipinski definition) is 8. The van der Waals surface area contributed by atoms with Gasteiger partial charge in [0.05, 0.1) is 18.2 Å². The van der Waals surface area contributed by atoms with E-state index in [0.29, 0.717) is 35.6 Å². The van der Waals surface area contributed by atoms with Gasteiger partial charge in [0.25, 0.3) is 0 Å². The van der Waals surface area contributed by atoms with E-state index in [-0.39, 0.29) is 17.8 Å². The fourth-order valence-corrected chi connectivity index (χ4v) is 3.32. The normalized spacial score (nSPS) is 11.0. The van der Waals surface area contributed by atoms with Crippen molar-refractivity contribution in [3.05, 3.63) is 71.3 Å². The molecule has 2 aromatic carbocycles. The number of nitrogens with one attached hydrogen (secondary N) is 3. The molecule has 1 aromatic heterocycles. The molecule has 182 valence electrons. The molecule has 0 atom stereocenters.